The van der Waals surface area contributed by atoms with Crippen LogP contribution in [0.2, 0.25) is 0 Å². The second-order valence-corrected chi connectivity index (χ2v) is 3.79. The molecule has 0 saturated carbocycles. The van der Waals surface area contributed by atoms with E-state index in [0.717, 1.165) is 18.4 Å². The van der Waals surface area contributed by atoms with Gasteiger partial charge in [0.15, 0.2) is 0 Å². The summed E-state index contributed by atoms with van der Waals surface area (Å²) in [6.07, 6.45) is 7.26. The molecule has 1 rings (SSSR count). The molecule has 0 radical (unpaired) electrons. The highest BCUT2D eigenvalue weighted by molar-refractivity contribution is 5.51. The number of aryl methyl sites for hydroxylation is 2. The van der Waals surface area contributed by atoms with Gasteiger partial charge in [-0.1, -0.05) is 31.9 Å². The summed E-state index contributed by atoms with van der Waals surface area (Å²) in [6.45, 7) is 5.88. The molecule has 0 atom stereocenters. The molecular formula is C13H18O2. The van der Waals surface area contributed by atoms with Gasteiger partial charge in [0.25, 0.3) is 0 Å². The van der Waals surface area contributed by atoms with E-state index < -0.39 is 0 Å². The average molecular weight is 206 g/mol. The van der Waals surface area contributed by atoms with Gasteiger partial charge in [0, 0.05) is 0 Å². The third kappa shape index (κ3) is 3.39. The molecule has 2 nitrogen and oxygen atoms in total. The molecule has 0 fully saturated rings. The van der Waals surface area contributed by atoms with Gasteiger partial charge in [0.2, 0.25) is 0 Å². The van der Waals surface area contributed by atoms with Crippen LogP contribution in [-0.4, -0.2) is 0 Å². The first-order chi connectivity index (χ1) is 7.15. The minimum absolute atomic E-state index is 0.236. The third-order valence-corrected chi connectivity index (χ3v) is 2.33. The fourth-order valence-corrected chi connectivity index (χ4v) is 1.50. The summed E-state index contributed by atoms with van der Waals surface area (Å²) in [5.74, 6) is 0.670. The van der Waals surface area contributed by atoms with Crippen LogP contribution in [0.25, 0.3) is 6.08 Å². The van der Waals surface area contributed by atoms with Gasteiger partial charge in [-0.2, -0.15) is 0 Å². The maximum atomic E-state index is 11.5. The highest BCUT2D eigenvalue weighted by Gasteiger charge is 2.02. The summed E-state index contributed by atoms with van der Waals surface area (Å²) in [5, 5.41) is 0. The van der Waals surface area contributed by atoms with Crippen LogP contribution in [0.4, 0.5) is 0 Å². The van der Waals surface area contributed by atoms with Gasteiger partial charge in [-0.15, -0.1) is 0 Å². The zero-order valence-corrected chi connectivity index (χ0v) is 9.67. The first-order valence-electron chi connectivity index (χ1n) is 5.43. The van der Waals surface area contributed by atoms with Gasteiger partial charge < -0.3 is 4.42 Å². The smallest absolute Gasteiger partial charge is 0.343 e. The lowest BCUT2D eigenvalue weighted by Gasteiger charge is -1.99. The predicted molar refractivity (Wildman–Crippen MR) is 63.0 cm³/mol. The van der Waals surface area contributed by atoms with Gasteiger partial charge in [-0.3, -0.25) is 0 Å². The van der Waals surface area contributed by atoms with Crippen molar-refractivity contribution in [3.8, 4) is 0 Å². The molecule has 0 aliphatic heterocycles. The Labute approximate surface area is 90.6 Å². The molecule has 0 bridgehead atoms. The SMILES string of the molecule is CCCC/C=C\c1c(C)cc(C)oc1=O. The van der Waals surface area contributed by atoms with Crippen LogP contribution < -0.4 is 5.63 Å². The molecule has 0 N–H and O–H groups in total. The quantitative estimate of drug-likeness (QED) is 0.706. The van der Waals surface area contributed by atoms with Crippen LogP contribution in [0.3, 0.4) is 0 Å². The van der Waals surface area contributed by atoms with Gasteiger partial charge >= 0.3 is 5.63 Å². The molecule has 0 aliphatic carbocycles. The fourth-order valence-electron chi connectivity index (χ4n) is 1.50. The van der Waals surface area contributed by atoms with Gasteiger partial charge in [-0.05, 0) is 31.9 Å². The predicted octanol–water partition coefficient (Wildman–Crippen LogP) is 3.46. The molecule has 1 aromatic heterocycles. The number of rotatable bonds is 4. The van der Waals surface area contributed by atoms with Crippen LogP contribution in [0.15, 0.2) is 21.4 Å². The van der Waals surface area contributed by atoms with E-state index in [1.54, 1.807) is 6.92 Å². The zero-order chi connectivity index (χ0) is 11.3. The molecule has 0 unspecified atom stereocenters. The largest absolute Gasteiger partial charge is 0.428 e. The highest BCUT2D eigenvalue weighted by Crippen LogP contribution is 2.08. The Morgan fingerprint density at radius 3 is 2.73 bits per heavy atom. The van der Waals surface area contributed by atoms with E-state index in [-0.39, 0.29) is 5.63 Å². The minimum Gasteiger partial charge on any atom is -0.428 e. The number of hydrogen-bond donors (Lipinski definition) is 0. The Bertz CT molecular complexity index is 399. The van der Waals surface area contributed by atoms with Crippen LogP contribution >= 0.6 is 0 Å². The van der Waals surface area contributed by atoms with Gasteiger partial charge in [-0.25, -0.2) is 4.79 Å². The van der Waals surface area contributed by atoms with Gasteiger partial charge in [0.1, 0.15) is 5.76 Å². The standard InChI is InChI=1S/C13H18O2/c1-4-5-6-7-8-12-10(2)9-11(3)15-13(12)14/h7-9H,4-6H2,1-3H3/b8-7-. The van der Waals surface area contributed by atoms with E-state index in [1.807, 2.05) is 25.1 Å². The topological polar surface area (TPSA) is 30.2 Å². The highest BCUT2D eigenvalue weighted by atomic mass is 16.4. The minimum atomic E-state index is -0.236. The summed E-state index contributed by atoms with van der Waals surface area (Å²) in [4.78, 5) is 11.5. The Hall–Kier alpha value is -1.31. The van der Waals surface area contributed by atoms with Crippen molar-refractivity contribution in [2.75, 3.05) is 0 Å². The molecule has 2 heteroatoms. The zero-order valence-electron chi connectivity index (χ0n) is 9.67. The maximum Gasteiger partial charge on any atom is 0.343 e. The summed E-state index contributed by atoms with van der Waals surface area (Å²) >= 11 is 0. The van der Waals surface area contributed by atoms with Crippen molar-refractivity contribution in [3.05, 3.63) is 39.4 Å². The summed E-state index contributed by atoms with van der Waals surface area (Å²) < 4.78 is 5.04. The van der Waals surface area contributed by atoms with E-state index in [9.17, 15) is 4.79 Å². The number of hydrogen-bond acceptors (Lipinski definition) is 2. The van der Waals surface area contributed by atoms with Crippen molar-refractivity contribution in [1.29, 1.82) is 0 Å². The second kappa shape index (κ2) is 5.54. The average Bonchev–Trinajstić information content (AvgIpc) is 2.15. The van der Waals surface area contributed by atoms with Crippen molar-refractivity contribution in [2.24, 2.45) is 0 Å². The van der Waals surface area contributed by atoms with E-state index in [2.05, 4.69) is 6.92 Å². The summed E-state index contributed by atoms with van der Waals surface area (Å²) in [5.41, 5.74) is 1.42. The van der Waals surface area contributed by atoms with Crippen molar-refractivity contribution in [3.63, 3.8) is 0 Å². The monoisotopic (exact) mass is 206 g/mol. The third-order valence-electron chi connectivity index (χ3n) is 2.33. The lowest BCUT2D eigenvalue weighted by atomic mass is 10.1. The van der Waals surface area contributed by atoms with Crippen LogP contribution in [0.5, 0.6) is 0 Å². The second-order valence-electron chi connectivity index (χ2n) is 3.79. The Balaban J connectivity index is 2.86. The maximum absolute atomic E-state index is 11.5. The Morgan fingerprint density at radius 1 is 1.40 bits per heavy atom. The van der Waals surface area contributed by atoms with E-state index >= 15 is 0 Å². The lowest BCUT2D eigenvalue weighted by Crippen LogP contribution is -2.05. The molecule has 0 saturated heterocycles. The normalized spacial score (nSPS) is 11.1. The van der Waals surface area contributed by atoms with E-state index in [4.69, 9.17) is 4.42 Å². The first kappa shape index (κ1) is 11.8. The molecule has 1 aromatic rings. The molecule has 0 aromatic carbocycles. The van der Waals surface area contributed by atoms with Crippen LogP contribution in [0, 0.1) is 13.8 Å². The van der Waals surface area contributed by atoms with Crippen LogP contribution in [-0.2, 0) is 0 Å². The molecule has 0 amide bonds. The van der Waals surface area contributed by atoms with E-state index in [1.165, 1.54) is 6.42 Å². The molecule has 1 heterocycles. The Morgan fingerprint density at radius 2 is 2.13 bits per heavy atom. The molecule has 0 aliphatic rings. The van der Waals surface area contributed by atoms with Crippen molar-refractivity contribution in [1.82, 2.24) is 0 Å². The number of allylic oxidation sites excluding steroid dienone is 1. The first-order valence-corrected chi connectivity index (χ1v) is 5.43. The lowest BCUT2D eigenvalue weighted by molar-refractivity contribution is 0.477. The molecule has 15 heavy (non-hydrogen) atoms. The van der Waals surface area contributed by atoms with Crippen molar-refractivity contribution >= 4 is 6.08 Å². The number of unbranched alkanes of at least 4 members (excludes halogenated alkanes) is 2. The van der Waals surface area contributed by atoms with Crippen molar-refractivity contribution in [2.45, 2.75) is 40.0 Å². The van der Waals surface area contributed by atoms with Crippen molar-refractivity contribution < 1.29 is 4.42 Å². The Kier molecular flexibility index (Phi) is 4.35. The molecule has 0 spiro atoms. The summed E-state index contributed by atoms with van der Waals surface area (Å²) in [7, 11) is 0. The van der Waals surface area contributed by atoms with E-state index in [0.29, 0.717) is 11.3 Å². The molecule has 82 valence electrons. The molecular weight excluding hydrogens is 188 g/mol. The summed E-state index contributed by atoms with van der Waals surface area (Å²) in [6, 6.07) is 1.89. The van der Waals surface area contributed by atoms with Gasteiger partial charge in [0.05, 0.1) is 5.56 Å². The van der Waals surface area contributed by atoms with Crippen LogP contribution in [0.1, 0.15) is 43.1 Å². The fraction of sp³-hybridized carbons (Fsp3) is 0.462.